The number of nitrogens with zero attached hydrogens (tertiary/aromatic N) is 6. The number of rotatable bonds is 12. The number of hydrazone groups is 3. The highest BCUT2D eigenvalue weighted by molar-refractivity contribution is 6.91. The Morgan fingerprint density at radius 3 is 0.944 bits per heavy atom. The zero-order chi connectivity index (χ0) is 29.3. The Morgan fingerprint density at radius 1 is 0.444 bits per heavy atom. The molecule has 0 radical (unpaired) electrons. The van der Waals surface area contributed by atoms with Crippen LogP contribution in [0.1, 0.15) is 20.3 Å². The normalized spacial score (nSPS) is 15.8. The first kappa shape index (κ1) is 35.7. The van der Waals surface area contributed by atoms with Gasteiger partial charge in [0.25, 0.3) is 0 Å². The largest absolute Gasteiger partial charge is 0.350 e. The van der Waals surface area contributed by atoms with Crippen LogP contribution >= 0.6 is 0 Å². The second-order valence-electron chi connectivity index (χ2n) is 16.0. The molecule has 0 aliphatic rings. The van der Waals surface area contributed by atoms with Crippen LogP contribution < -0.4 is 0 Å². The van der Waals surface area contributed by atoms with E-state index < -0.39 is 49.4 Å². The third-order valence-corrected chi connectivity index (χ3v) is 25.7. The molecule has 0 aromatic heterocycles. The quantitative estimate of drug-likeness (QED) is 0.128. The summed E-state index contributed by atoms with van der Waals surface area (Å²) in [6.07, 6.45) is 0.849. The Kier molecular flexibility index (Phi) is 11.7. The second kappa shape index (κ2) is 11.8. The van der Waals surface area contributed by atoms with E-state index in [1.165, 1.54) is 0 Å². The lowest BCUT2D eigenvalue weighted by atomic mass is 10.1. The van der Waals surface area contributed by atoms with Crippen molar-refractivity contribution in [1.29, 1.82) is 0 Å². The predicted octanol–water partition coefficient (Wildman–Crippen LogP) is 8.40. The van der Waals surface area contributed by atoms with E-state index in [9.17, 15) is 0 Å². The molecule has 0 saturated carbocycles. The summed E-state index contributed by atoms with van der Waals surface area (Å²) in [5.41, 5.74) is 3.12. The topological polar surface area (TPSA) is 46.8 Å². The SMILES string of the molecule is CCC(=NN([Si](C)(C)C)[Si](C)(C)C)C(=NN([Si](C)(C)C)[Si](C)(C)C)C(C)=NN([Si](C)(C)C)[Si](C)(C)C. The molecular formula is C24H62N6Si6. The van der Waals surface area contributed by atoms with Gasteiger partial charge in [-0.2, -0.15) is 15.3 Å². The summed E-state index contributed by atoms with van der Waals surface area (Å²) in [5.74, 6) is 0. The molecular weight excluding hydrogens is 541 g/mol. The monoisotopic (exact) mass is 602 g/mol. The van der Waals surface area contributed by atoms with Crippen molar-refractivity contribution in [1.82, 2.24) is 13.0 Å². The van der Waals surface area contributed by atoms with Crippen molar-refractivity contribution in [3.8, 4) is 0 Å². The van der Waals surface area contributed by atoms with E-state index in [1.807, 2.05) is 0 Å². The van der Waals surface area contributed by atoms with Gasteiger partial charge < -0.3 is 13.0 Å². The summed E-state index contributed by atoms with van der Waals surface area (Å²) < 4.78 is 7.57. The summed E-state index contributed by atoms with van der Waals surface area (Å²) in [6, 6.07) is 0. The summed E-state index contributed by atoms with van der Waals surface area (Å²) >= 11 is 0. The molecule has 0 aromatic carbocycles. The highest BCUT2D eigenvalue weighted by atomic mass is 28.4. The fraction of sp³-hybridized carbons (Fsp3) is 0.875. The van der Waals surface area contributed by atoms with Crippen molar-refractivity contribution in [2.45, 2.75) is 138 Å². The van der Waals surface area contributed by atoms with E-state index in [0.29, 0.717) is 0 Å². The van der Waals surface area contributed by atoms with Crippen LogP contribution in [-0.2, 0) is 0 Å². The molecule has 0 aliphatic heterocycles. The van der Waals surface area contributed by atoms with Crippen LogP contribution in [-0.4, -0.2) is 79.6 Å². The minimum Gasteiger partial charge on any atom is -0.350 e. The number of hydrogen-bond acceptors (Lipinski definition) is 6. The molecule has 0 aliphatic carbocycles. The second-order valence-corrected chi connectivity index (χ2v) is 45.9. The van der Waals surface area contributed by atoms with E-state index in [0.717, 1.165) is 23.6 Å². The van der Waals surface area contributed by atoms with Crippen molar-refractivity contribution in [3.05, 3.63) is 0 Å². The van der Waals surface area contributed by atoms with Gasteiger partial charge in [0.05, 0.1) is 11.4 Å². The Hall–Kier alpha value is -0.289. The summed E-state index contributed by atoms with van der Waals surface area (Å²) in [4.78, 5) is 0. The predicted molar refractivity (Wildman–Crippen MR) is 184 cm³/mol. The first-order valence-electron chi connectivity index (χ1n) is 13.7. The lowest BCUT2D eigenvalue weighted by Crippen LogP contribution is -2.58. The first-order valence-corrected chi connectivity index (χ1v) is 34.4. The molecule has 0 bridgehead atoms. The molecule has 0 fully saturated rings. The molecule has 0 N–H and O–H groups in total. The highest BCUT2D eigenvalue weighted by Gasteiger charge is 2.38. The minimum atomic E-state index is -1.71. The van der Waals surface area contributed by atoms with Crippen molar-refractivity contribution in [3.63, 3.8) is 0 Å². The van der Waals surface area contributed by atoms with Crippen molar-refractivity contribution in [2.24, 2.45) is 15.3 Å². The van der Waals surface area contributed by atoms with Gasteiger partial charge in [-0.15, -0.1) is 0 Å². The third-order valence-electron chi connectivity index (χ3n) is 5.43. The zero-order valence-corrected chi connectivity index (χ0v) is 33.9. The molecule has 36 heavy (non-hydrogen) atoms. The third kappa shape index (κ3) is 10.8. The molecule has 0 saturated heterocycles. The van der Waals surface area contributed by atoms with Gasteiger partial charge in [-0.25, -0.2) is 0 Å². The molecule has 0 rings (SSSR count). The van der Waals surface area contributed by atoms with Gasteiger partial charge in [0.15, 0.2) is 49.4 Å². The molecule has 0 amide bonds. The van der Waals surface area contributed by atoms with Crippen LogP contribution in [0.3, 0.4) is 0 Å². The van der Waals surface area contributed by atoms with Crippen molar-refractivity contribution >= 4 is 66.5 Å². The van der Waals surface area contributed by atoms with Crippen LogP contribution in [0.5, 0.6) is 0 Å². The first-order chi connectivity index (χ1) is 15.5. The number of hydrogen-bond donors (Lipinski definition) is 0. The Labute approximate surface area is 232 Å². The smallest absolute Gasteiger partial charge is 0.158 e. The molecule has 6 nitrogen and oxygen atoms in total. The molecule has 0 aromatic rings. The van der Waals surface area contributed by atoms with E-state index >= 15 is 0 Å². The van der Waals surface area contributed by atoms with Crippen LogP contribution in [0, 0.1) is 0 Å². The Bertz CT molecular complexity index is 786. The van der Waals surface area contributed by atoms with E-state index in [1.54, 1.807) is 0 Å². The maximum absolute atomic E-state index is 5.54. The van der Waals surface area contributed by atoms with Gasteiger partial charge in [-0.3, -0.25) is 0 Å². The highest BCUT2D eigenvalue weighted by Crippen LogP contribution is 2.25. The average molecular weight is 603 g/mol. The molecule has 0 unspecified atom stereocenters. The molecule has 0 heterocycles. The van der Waals surface area contributed by atoms with Gasteiger partial charge in [-0.1, -0.05) is 125 Å². The van der Waals surface area contributed by atoms with Crippen LogP contribution in [0.25, 0.3) is 0 Å². The molecule has 0 spiro atoms. The Balaban J connectivity index is 7.54. The fourth-order valence-electron chi connectivity index (χ4n) is 4.96. The van der Waals surface area contributed by atoms with E-state index in [-0.39, 0.29) is 0 Å². The fourth-order valence-corrected chi connectivity index (χ4v) is 31.7. The lowest BCUT2D eigenvalue weighted by molar-refractivity contribution is 0.655. The standard InChI is InChI=1S/C24H62N6Si6/c1-21-23(26-29(33(9,10)11)34(12,13)14)24(27-30(35(15,16)17)36(18,19)20)22(2)25-28(31(3,4)5)32(6,7)8/h21H2,1-20H3. The van der Waals surface area contributed by atoms with E-state index in [4.69, 9.17) is 15.3 Å². The van der Waals surface area contributed by atoms with Crippen molar-refractivity contribution < 1.29 is 0 Å². The van der Waals surface area contributed by atoms with Gasteiger partial charge in [-0.05, 0) is 13.3 Å². The summed E-state index contributed by atoms with van der Waals surface area (Å²) in [7, 11) is -10.1. The molecule has 12 heteroatoms. The van der Waals surface area contributed by atoms with Gasteiger partial charge in [0.1, 0.15) is 5.71 Å². The lowest BCUT2D eigenvalue weighted by Gasteiger charge is -2.44. The minimum absolute atomic E-state index is 0.849. The van der Waals surface area contributed by atoms with Crippen LogP contribution in [0.15, 0.2) is 15.3 Å². The van der Waals surface area contributed by atoms with Gasteiger partial charge >= 0.3 is 0 Å². The van der Waals surface area contributed by atoms with Crippen molar-refractivity contribution in [2.75, 3.05) is 0 Å². The Morgan fingerprint density at radius 2 is 0.694 bits per heavy atom. The van der Waals surface area contributed by atoms with Gasteiger partial charge in [0, 0.05) is 0 Å². The zero-order valence-electron chi connectivity index (χ0n) is 27.9. The average Bonchev–Trinajstić information content (AvgIpc) is 2.55. The summed E-state index contributed by atoms with van der Waals surface area (Å²) in [5, 5.41) is 16.4. The van der Waals surface area contributed by atoms with Crippen LogP contribution in [0.4, 0.5) is 0 Å². The van der Waals surface area contributed by atoms with Gasteiger partial charge in [0.2, 0.25) is 0 Å². The summed E-state index contributed by atoms with van der Waals surface area (Å²) in [6.45, 7) is 47.8. The molecule has 212 valence electrons. The maximum atomic E-state index is 5.54. The maximum Gasteiger partial charge on any atom is 0.158 e. The van der Waals surface area contributed by atoms with Crippen LogP contribution in [0.2, 0.25) is 118 Å². The van der Waals surface area contributed by atoms with E-state index in [2.05, 4.69) is 145 Å². The molecule has 0 atom stereocenters.